The lowest BCUT2D eigenvalue weighted by Crippen LogP contribution is -2.24. The fourth-order valence-corrected chi connectivity index (χ4v) is 2.57. The Bertz CT molecular complexity index is 626. The second kappa shape index (κ2) is 8.44. The van der Waals surface area contributed by atoms with Crippen LogP contribution in [0.25, 0.3) is 0 Å². The van der Waals surface area contributed by atoms with Crippen LogP contribution in [0.3, 0.4) is 0 Å². The monoisotopic (exact) mass is 311 g/mol. The first-order chi connectivity index (χ1) is 11.1. The number of benzene rings is 1. The maximum atomic E-state index is 11.7. The van der Waals surface area contributed by atoms with Crippen molar-refractivity contribution in [3.8, 4) is 0 Å². The Morgan fingerprint density at radius 1 is 1.17 bits per heavy atom. The van der Waals surface area contributed by atoms with Crippen molar-refractivity contribution in [2.75, 3.05) is 7.05 Å². The summed E-state index contributed by atoms with van der Waals surface area (Å²) in [7, 11) is 1.65. The molecule has 1 amide bonds. The summed E-state index contributed by atoms with van der Waals surface area (Å²) in [5.74, 6) is 0.516. The summed E-state index contributed by atoms with van der Waals surface area (Å²) >= 11 is 0. The number of rotatable bonds is 7. The number of nitrogens with zero attached hydrogens (tertiary/aromatic N) is 1. The standard InChI is InChI=1S/C19H25N3O/c1-14(2)11-18(17-9-4-5-10-21-17)22-13-15-7-6-8-16(12-15)19(23)20-3/h4-10,12,14,18,22H,11,13H2,1-3H3,(H,20,23). The number of aromatic nitrogens is 1. The van der Waals surface area contributed by atoms with Crippen molar-refractivity contribution < 1.29 is 4.79 Å². The van der Waals surface area contributed by atoms with E-state index in [-0.39, 0.29) is 11.9 Å². The van der Waals surface area contributed by atoms with Gasteiger partial charge in [-0.3, -0.25) is 9.78 Å². The molecule has 2 N–H and O–H groups in total. The molecule has 4 heteroatoms. The molecule has 0 saturated carbocycles. The van der Waals surface area contributed by atoms with Gasteiger partial charge in [0.2, 0.25) is 0 Å². The van der Waals surface area contributed by atoms with Crippen molar-refractivity contribution in [3.63, 3.8) is 0 Å². The smallest absolute Gasteiger partial charge is 0.251 e. The van der Waals surface area contributed by atoms with E-state index in [1.54, 1.807) is 7.05 Å². The molecule has 23 heavy (non-hydrogen) atoms. The molecule has 0 spiro atoms. The molecule has 0 saturated heterocycles. The maximum absolute atomic E-state index is 11.7. The number of pyridine rings is 1. The van der Waals surface area contributed by atoms with Crippen molar-refractivity contribution in [3.05, 3.63) is 65.5 Å². The van der Waals surface area contributed by atoms with Gasteiger partial charge < -0.3 is 10.6 Å². The quantitative estimate of drug-likeness (QED) is 0.825. The molecule has 0 radical (unpaired) electrons. The third-order valence-electron chi connectivity index (χ3n) is 3.72. The second-order valence-corrected chi connectivity index (χ2v) is 6.10. The highest BCUT2D eigenvalue weighted by molar-refractivity contribution is 5.94. The van der Waals surface area contributed by atoms with E-state index >= 15 is 0 Å². The van der Waals surface area contributed by atoms with Crippen molar-refractivity contribution in [2.45, 2.75) is 32.9 Å². The zero-order valence-corrected chi connectivity index (χ0v) is 14.0. The molecular formula is C19H25N3O. The van der Waals surface area contributed by atoms with Gasteiger partial charge in [0.15, 0.2) is 0 Å². The molecule has 122 valence electrons. The number of nitrogens with one attached hydrogen (secondary N) is 2. The van der Waals surface area contributed by atoms with Crippen molar-refractivity contribution in [2.24, 2.45) is 5.92 Å². The molecule has 0 aliphatic heterocycles. The average molecular weight is 311 g/mol. The Morgan fingerprint density at radius 3 is 2.65 bits per heavy atom. The summed E-state index contributed by atoms with van der Waals surface area (Å²) in [6.07, 6.45) is 2.85. The van der Waals surface area contributed by atoms with E-state index in [0.717, 1.165) is 17.7 Å². The van der Waals surface area contributed by atoms with E-state index in [0.29, 0.717) is 18.0 Å². The molecule has 1 aromatic heterocycles. The molecule has 0 bridgehead atoms. The Morgan fingerprint density at radius 2 is 2.00 bits per heavy atom. The lowest BCUT2D eigenvalue weighted by Gasteiger charge is -2.20. The normalized spacial score (nSPS) is 12.2. The molecule has 2 rings (SSSR count). The van der Waals surface area contributed by atoms with Crippen LogP contribution in [0, 0.1) is 5.92 Å². The van der Waals surface area contributed by atoms with Crippen molar-refractivity contribution in [1.29, 1.82) is 0 Å². The lowest BCUT2D eigenvalue weighted by atomic mass is 10.00. The van der Waals surface area contributed by atoms with Crippen LogP contribution in [0.5, 0.6) is 0 Å². The summed E-state index contributed by atoms with van der Waals surface area (Å²) in [4.78, 5) is 16.2. The minimum atomic E-state index is -0.0599. The summed E-state index contributed by atoms with van der Waals surface area (Å²) < 4.78 is 0. The van der Waals surface area contributed by atoms with Crippen molar-refractivity contribution in [1.82, 2.24) is 15.6 Å². The highest BCUT2D eigenvalue weighted by Crippen LogP contribution is 2.20. The van der Waals surface area contributed by atoms with Crippen LogP contribution in [0.4, 0.5) is 0 Å². The van der Waals surface area contributed by atoms with Crippen LogP contribution < -0.4 is 10.6 Å². The number of carbonyl (C=O) groups is 1. The Labute approximate surface area is 138 Å². The van der Waals surface area contributed by atoms with Gasteiger partial charge in [-0.25, -0.2) is 0 Å². The first-order valence-electron chi connectivity index (χ1n) is 8.05. The first-order valence-corrected chi connectivity index (χ1v) is 8.05. The molecule has 4 nitrogen and oxygen atoms in total. The summed E-state index contributed by atoms with van der Waals surface area (Å²) in [6.45, 7) is 5.13. The topological polar surface area (TPSA) is 54.0 Å². The highest BCUT2D eigenvalue weighted by Gasteiger charge is 2.14. The summed E-state index contributed by atoms with van der Waals surface area (Å²) in [5.41, 5.74) is 2.84. The predicted octanol–water partition coefficient (Wildman–Crippen LogP) is 3.32. The number of hydrogen-bond acceptors (Lipinski definition) is 3. The van der Waals surface area contributed by atoms with Gasteiger partial charge in [0.05, 0.1) is 5.69 Å². The fourth-order valence-electron chi connectivity index (χ4n) is 2.57. The Hall–Kier alpha value is -2.20. The van der Waals surface area contributed by atoms with Gasteiger partial charge in [0.25, 0.3) is 5.91 Å². The number of hydrogen-bond donors (Lipinski definition) is 2. The van der Waals surface area contributed by atoms with E-state index in [1.165, 1.54) is 0 Å². The van der Waals surface area contributed by atoms with Gasteiger partial charge in [-0.05, 0) is 42.2 Å². The van der Waals surface area contributed by atoms with Gasteiger partial charge in [0.1, 0.15) is 0 Å². The molecule has 0 aliphatic carbocycles. The van der Waals surface area contributed by atoms with Crippen molar-refractivity contribution >= 4 is 5.91 Å². The lowest BCUT2D eigenvalue weighted by molar-refractivity contribution is 0.0963. The SMILES string of the molecule is CNC(=O)c1cccc(CNC(CC(C)C)c2ccccn2)c1. The van der Waals surface area contributed by atoms with Crippen LogP contribution in [0.2, 0.25) is 0 Å². The van der Waals surface area contributed by atoms with Crippen LogP contribution >= 0.6 is 0 Å². The third-order valence-corrected chi connectivity index (χ3v) is 3.72. The predicted molar refractivity (Wildman–Crippen MR) is 93.1 cm³/mol. The number of carbonyl (C=O) groups excluding carboxylic acids is 1. The first kappa shape index (κ1) is 17.2. The largest absolute Gasteiger partial charge is 0.355 e. The Balaban J connectivity index is 2.08. The average Bonchev–Trinajstić information content (AvgIpc) is 2.58. The van der Waals surface area contributed by atoms with E-state index in [9.17, 15) is 4.79 Å². The zero-order chi connectivity index (χ0) is 16.7. The fraction of sp³-hybridized carbons (Fsp3) is 0.368. The minimum absolute atomic E-state index is 0.0599. The minimum Gasteiger partial charge on any atom is -0.355 e. The van der Waals surface area contributed by atoms with Gasteiger partial charge in [-0.15, -0.1) is 0 Å². The van der Waals surface area contributed by atoms with Crippen LogP contribution in [-0.4, -0.2) is 17.9 Å². The van der Waals surface area contributed by atoms with Crippen LogP contribution in [0.1, 0.15) is 47.9 Å². The molecular weight excluding hydrogens is 286 g/mol. The second-order valence-electron chi connectivity index (χ2n) is 6.10. The highest BCUT2D eigenvalue weighted by atomic mass is 16.1. The number of amides is 1. The maximum Gasteiger partial charge on any atom is 0.251 e. The zero-order valence-electron chi connectivity index (χ0n) is 14.0. The van der Waals surface area contributed by atoms with E-state index in [1.807, 2.05) is 42.6 Å². The van der Waals surface area contributed by atoms with E-state index in [2.05, 4.69) is 35.5 Å². The molecule has 1 atom stereocenters. The molecule has 1 unspecified atom stereocenters. The molecule has 0 fully saturated rings. The summed E-state index contributed by atoms with van der Waals surface area (Å²) in [5, 5.41) is 6.23. The molecule has 0 aliphatic rings. The van der Waals surface area contributed by atoms with Crippen LogP contribution in [0.15, 0.2) is 48.7 Å². The van der Waals surface area contributed by atoms with Gasteiger partial charge in [0, 0.05) is 31.4 Å². The molecule has 2 aromatic rings. The van der Waals surface area contributed by atoms with Crippen LogP contribution in [-0.2, 0) is 6.54 Å². The summed E-state index contributed by atoms with van der Waals surface area (Å²) in [6, 6.07) is 13.9. The van der Waals surface area contributed by atoms with Gasteiger partial charge >= 0.3 is 0 Å². The third kappa shape index (κ3) is 5.18. The van der Waals surface area contributed by atoms with E-state index in [4.69, 9.17) is 0 Å². The van der Waals surface area contributed by atoms with E-state index < -0.39 is 0 Å². The Kier molecular flexibility index (Phi) is 6.29. The molecule has 1 heterocycles. The van der Waals surface area contributed by atoms with Gasteiger partial charge in [-0.2, -0.15) is 0 Å². The van der Waals surface area contributed by atoms with Gasteiger partial charge in [-0.1, -0.05) is 32.0 Å². The molecule has 1 aromatic carbocycles.